The van der Waals surface area contributed by atoms with Gasteiger partial charge in [0.25, 0.3) is 5.91 Å². The minimum Gasteiger partial charge on any atom is -0.381 e. The minimum atomic E-state index is -1.44. The van der Waals surface area contributed by atoms with Gasteiger partial charge in [-0.25, -0.2) is 9.75 Å². The molecule has 168 valence electrons. The van der Waals surface area contributed by atoms with Crippen LogP contribution in [0.25, 0.3) is 5.69 Å². The number of hydroxylamine groups is 2. The summed E-state index contributed by atoms with van der Waals surface area (Å²) in [6, 6.07) is 4.25. The van der Waals surface area contributed by atoms with Crippen LogP contribution in [0.2, 0.25) is 5.02 Å². The van der Waals surface area contributed by atoms with Gasteiger partial charge in [-0.15, -0.1) is 5.10 Å². The lowest BCUT2D eigenvalue weighted by Crippen LogP contribution is -2.49. The molecular formula is C19H25ClN6O5. The fraction of sp³-hybridized carbons (Fsp3) is 0.526. The highest BCUT2D eigenvalue weighted by molar-refractivity contribution is 6.30. The quantitative estimate of drug-likeness (QED) is 0.625. The number of ether oxygens (including phenoxy) is 1. The van der Waals surface area contributed by atoms with Gasteiger partial charge in [0.15, 0.2) is 6.10 Å². The molecule has 1 aromatic heterocycles. The summed E-state index contributed by atoms with van der Waals surface area (Å²) < 4.78 is 6.90. The zero-order valence-corrected chi connectivity index (χ0v) is 18.2. The maximum atomic E-state index is 12.8. The molecule has 1 aliphatic rings. The van der Waals surface area contributed by atoms with Crippen LogP contribution in [0.3, 0.4) is 0 Å². The largest absolute Gasteiger partial charge is 0.381 e. The molecule has 3 rings (SSSR count). The lowest BCUT2D eigenvalue weighted by molar-refractivity contribution is -0.191. The molecule has 2 atom stereocenters. The van der Waals surface area contributed by atoms with Crippen LogP contribution in [-0.4, -0.2) is 73.2 Å². The predicted octanol–water partition coefficient (Wildman–Crippen LogP) is 0.640. The molecule has 1 saturated heterocycles. The van der Waals surface area contributed by atoms with Crippen LogP contribution in [0.4, 0.5) is 0 Å². The second kappa shape index (κ2) is 9.69. The van der Waals surface area contributed by atoms with Crippen molar-refractivity contribution in [2.24, 2.45) is 0 Å². The van der Waals surface area contributed by atoms with E-state index in [1.165, 1.54) is 11.0 Å². The molecule has 11 nitrogen and oxygen atoms in total. The number of aliphatic hydroxyl groups is 1. The fourth-order valence-electron chi connectivity index (χ4n) is 2.96. The van der Waals surface area contributed by atoms with Gasteiger partial charge in [0.1, 0.15) is 12.4 Å². The van der Waals surface area contributed by atoms with Crippen molar-refractivity contribution in [2.45, 2.75) is 51.5 Å². The Hall–Kier alpha value is -2.60. The highest BCUT2D eigenvalue weighted by atomic mass is 35.5. The van der Waals surface area contributed by atoms with Crippen molar-refractivity contribution in [2.75, 3.05) is 13.2 Å². The summed E-state index contributed by atoms with van der Waals surface area (Å²) in [5.41, 5.74) is 0.821. The summed E-state index contributed by atoms with van der Waals surface area (Å²) in [6.45, 7) is 5.55. The van der Waals surface area contributed by atoms with E-state index in [1.807, 2.05) is 20.8 Å². The summed E-state index contributed by atoms with van der Waals surface area (Å²) in [5, 5.41) is 25.4. The average Bonchev–Trinajstić information content (AvgIpc) is 3.41. The number of carbonyl (C=O) groups is 2. The number of hydrogen-bond donors (Lipinski definition) is 2. The molecule has 0 spiro atoms. The van der Waals surface area contributed by atoms with Crippen molar-refractivity contribution in [1.82, 2.24) is 30.6 Å². The monoisotopic (exact) mass is 452 g/mol. The second-order valence-electron chi connectivity index (χ2n) is 7.99. The predicted molar refractivity (Wildman–Crippen MR) is 109 cm³/mol. The summed E-state index contributed by atoms with van der Waals surface area (Å²) in [7, 11) is 0. The maximum Gasteiger partial charge on any atom is 0.278 e. The SMILES string of the molecule is CC(C)(C)OC[C@@H](O)C(=O)N1OCC[C@H]1C(=O)NCc1cc(Cl)ccc1-n1cnnn1. The molecule has 0 radical (unpaired) electrons. The molecule has 1 aliphatic heterocycles. The van der Waals surface area contributed by atoms with Crippen molar-refractivity contribution in [1.29, 1.82) is 0 Å². The molecule has 2 N–H and O–H groups in total. The highest BCUT2D eigenvalue weighted by Crippen LogP contribution is 2.20. The number of amides is 2. The molecule has 1 aromatic carbocycles. The first-order valence-corrected chi connectivity index (χ1v) is 10.1. The Bertz CT molecular complexity index is 917. The number of nitrogens with zero attached hydrogens (tertiary/aromatic N) is 5. The number of hydrogen-bond acceptors (Lipinski definition) is 8. The number of nitrogens with one attached hydrogen (secondary N) is 1. The van der Waals surface area contributed by atoms with E-state index < -0.39 is 29.6 Å². The van der Waals surface area contributed by atoms with Crippen molar-refractivity contribution < 1.29 is 24.3 Å². The molecule has 31 heavy (non-hydrogen) atoms. The standard InChI is InChI=1S/C19H25ClN6O5/c1-19(2,3)30-10-16(27)18(29)26-15(6-7-31-26)17(28)21-9-12-8-13(20)4-5-14(12)25-11-22-23-24-25/h4-5,8,11,15-16,27H,6-7,9-10H2,1-3H3,(H,21,28)/t15-,16+/m0/s1. The topological polar surface area (TPSA) is 132 Å². The van der Waals surface area contributed by atoms with Gasteiger partial charge in [0, 0.05) is 18.0 Å². The van der Waals surface area contributed by atoms with Gasteiger partial charge in [-0.05, 0) is 55.0 Å². The van der Waals surface area contributed by atoms with Gasteiger partial charge in [0.2, 0.25) is 5.91 Å². The lowest BCUT2D eigenvalue weighted by atomic mass is 10.1. The van der Waals surface area contributed by atoms with Gasteiger partial charge in [-0.2, -0.15) is 0 Å². The first-order chi connectivity index (χ1) is 14.7. The first kappa shape index (κ1) is 23.1. The maximum absolute atomic E-state index is 12.8. The average molecular weight is 453 g/mol. The first-order valence-electron chi connectivity index (χ1n) is 9.73. The molecule has 0 saturated carbocycles. The summed E-state index contributed by atoms with van der Waals surface area (Å²) in [6.07, 6.45) is 0.299. The van der Waals surface area contributed by atoms with Gasteiger partial charge in [-0.3, -0.25) is 14.4 Å². The van der Waals surface area contributed by atoms with E-state index in [9.17, 15) is 14.7 Å². The Balaban J connectivity index is 1.64. The number of benzene rings is 1. The third-order valence-corrected chi connectivity index (χ3v) is 4.71. The van der Waals surface area contributed by atoms with E-state index in [2.05, 4.69) is 20.8 Å². The van der Waals surface area contributed by atoms with E-state index in [0.717, 1.165) is 5.06 Å². The molecule has 12 heteroatoms. The number of halogens is 1. The van der Waals surface area contributed by atoms with Crippen molar-refractivity contribution in [3.05, 3.63) is 35.1 Å². The summed E-state index contributed by atoms with van der Waals surface area (Å²) in [4.78, 5) is 30.6. The third-order valence-electron chi connectivity index (χ3n) is 4.47. The van der Waals surface area contributed by atoms with Crippen LogP contribution >= 0.6 is 11.6 Å². The molecule has 1 fully saturated rings. The Morgan fingerprint density at radius 2 is 2.19 bits per heavy atom. The molecular weight excluding hydrogens is 428 g/mol. The summed E-state index contributed by atoms with van der Waals surface area (Å²) >= 11 is 6.10. The van der Waals surface area contributed by atoms with Gasteiger partial charge in [-0.1, -0.05) is 11.6 Å². The molecule has 0 bridgehead atoms. The lowest BCUT2D eigenvalue weighted by Gasteiger charge is -2.26. The Morgan fingerprint density at radius 1 is 1.42 bits per heavy atom. The van der Waals surface area contributed by atoms with E-state index in [1.54, 1.807) is 18.2 Å². The van der Waals surface area contributed by atoms with Crippen molar-refractivity contribution in [3.63, 3.8) is 0 Å². The van der Waals surface area contributed by atoms with Crippen LogP contribution in [0.1, 0.15) is 32.8 Å². The molecule has 2 heterocycles. The Labute approximate surface area is 184 Å². The summed E-state index contributed by atoms with van der Waals surface area (Å²) in [5.74, 6) is -1.14. The van der Waals surface area contributed by atoms with Crippen LogP contribution in [0.5, 0.6) is 0 Å². The third kappa shape index (κ3) is 5.97. The van der Waals surface area contributed by atoms with Crippen LogP contribution < -0.4 is 5.32 Å². The number of aliphatic hydroxyl groups excluding tert-OH is 1. The Morgan fingerprint density at radius 3 is 2.87 bits per heavy atom. The van der Waals surface area contributed by atoms with Gasteiger partial charge >= 0.3 is 0 Å². The molecule has 2 aromatic rings. The normalized spacial score (nSPS) is 17.6. The smallest absolute Gasteiger partial charge is 0.278 e. The minimum absolute atomic E-state index is 0.128. The fourth-order valence-corrected chi connectivity index (χ4v) is 3.16. The zero-order valence-electron chi connectivity index (χ0n) is 17.5. The number of rotatable bonds is 7. The van der Waals surface area contributed by atoms with Crippen molar-refractivity contribution >= 4 is 23.4 Å². The van der Waals surface area contributed by atoms with Crippen molar-refractivity contribution in [3.8, 4) is 5.69 Å². The van der Waals surface area contributed by atoms with E-state index in [0.29, 0.717) is 22.7 Å². The van der Waals surface area contributed by atoms with Crippen LogP contribution in [0.15, 0.2) is 24.5 Å². The second-order valence-corrected chi connectivity index (χ2v) is 8.42. The van der Waals surface area contributed by atoms with E-state index in [4.69, 9.17) is 21.2 Å². The zero-order chi connectivity index (χ0) is 22.6. The number of tetrazole rings is 1. The van der Waals surface area contributed by atoms with Gasteiger partial charge in [0.05, 0.1) is 24.5 Å². The van der Waals surface area contributed by atoms with Gasteiger partial charge < -0.3 is 15.2 Å². The number of carbonyl (C=O) groups excluding carboxylic acids is 2. The van der Waals surface area contributed by atoms with Crippen LogP contribution in [0, 0.1) is 0 Å². The molecule has 2 amide bonds. The Kier molecular flexibility index (Phi) is 7.21. The van der Waals surface area contributed by atoms with E-state index in [-0.39, 0.29) is 19.8 Å². The molecule has 0 aliphatic carbocycles. The van der Waals surface area contributed by atoms with E-state index >= 15 is 0 Å². The van der Waals surface area contributed by atoms with Crippen LogP contribution in [-0.2, 0) is 25.7 Å². The highest BCUT2D eigenvalue weighted by Gasteiger charge is 2.38. The number of aromatic nitrogens is 4. The molecule has 0 unspecified atom stereocenters.